The Morgan fingerprint density at radius 3 is 2.74 bits per heavy atom. The number of ether oxygens (including phenoxy) is 1. The molecule has 1 aromatic carbocycles. The second kappa shape index (κ2) is 6.92. The third kappa shape index (κ3) is 4.51. The maximum absolute atomic E-state index is 9.29. The molecule has 1 fully saturated rings. The minimum absolute atomic E-state index is 0.337. The van der Waals surface area contributed by atoms with Crippen molar-refractivity contribution >= 4 is 0 Å². The Bertz CT molecular complexity index is 371. The van der Waals surface area contributed by atoms with Gasteiger partial charge in [-0.1, -0.05) is 12.1 Å². The molecule has 1 heterocycles. The largest absolute Gasteiger partial charge is 0.508 e. The van der Waals surface area contributed by atoms with Crippen molar-refractivity contribution in [2.45, 2.75) is 32.2 Å². The Balaban J connectivity index is 1.81. The van der Waals surface area contributed by atoms with E-state index in [9.17, 15) is 5.11 Å². The van der Waals surface area contributed by atoms with E-state index in [0.29, 0.717) is 17.7 Å². The molecule has 0 aliphatic carbocycles. The zero-order valence-corrected chi connectivity index (χ0v) is 12.0. The van der Waals surface area contributed by atoms with Crippen molar-refractivity contribution in [2.75, 3.05) is 26.8 Å². The van der Waals surface area contributed by atoms with Gasteiger partial charge in [-0.15, -0.1) is 0 Å². The summed E-state index contributed by atoms with van der Waals surface area (Å²) in [5.74, 6) is 1.02. The molecule has 19 heavy (non-hydrogen) atoms. The van der Waals surface area contributed by atoms with Gasteiger partial charge in [-0.25, -0.2) is 0 Å². The Morgan fingerprint density at radius 2 is 2.11 bits per heavy atom. The molecule has 0 radical (unpaired) electrons. The molecule has 1 aliphatic heterocycles. The number of nitrogens with zero attached hydrogens (tertiary/aromatic N) is 1. The van der Waals surface area contributed by atoms with E-state index in [4.69, 9.17) is 4.74 Å². The molecule has 2 unspecified atom stereocenters. The first-order chi connectivity index (χ1) is 9.15. The predicted octanol–water partition coefficient (Wildman–Crippen LogP) is 2.68. The monoisotopic (exact) mass is 263 g/mol. The molecule has 0 amide bonds. The average Bonchev–Trinajstić information content (AvgIpc) is 2.42. The van der Waals surface area contributed by atoms with Gasteiger partial charge >= 0.3 is 0 Å². The quantitative estimate of drug-likeness (QED) is 0.886. The normalized spacial score (nSPS) is 21.5. The third-order valence-electron chi connectivity index (χ3n) is 4.02. The smallest absolute Gasteiger partial charge is 0.115 e. The van der Waals surface area contributed by atoms with Crippen LogP contribution in [-0.2, 0) is 11.2 Å². The van der Waals surface area contributed by atoms with Crippen molar-refractivity contribution < 1.29 is 9.84 Å². The number of phenols is 1. The van der Waals surface area contributed by atoms with Crippen LogP contribution >= 0.6 is 0 Å². The molecule has 0 aromatic heterocycles. The molecule has 0 saturated carbocycles. The van der Waals surface area contributed by atoms with E-state index in [1.54, 1.807) is 12.1 Å². The van der Waals surface area contributed by atoms with Crippen LogP contribution < -0.4 is 0 Å². The summed E-state index contributed by atoms with van der Waals surface area (Å²) in [6, 6.07) is 8.03. The molecular formula is C16H25NO2. The number of rotatable bonds is 5. The zero-order valence-electron chi connectivity index (χ0n) is 12.0. The molecule has 3 heteroatoms. The third-order valence-corrected chi connectivity index (χ3v) is 4.02. The van der Waals surface area contributed by atoms with Gasteiger partial charge in [0.25, 0.3) is 0 Å². The van der Waals surface area contributed by atoms with Crippen LogP contribution in [-0.4, -0.2) is 42.9 Å². The van der Waals surface area contributed by atoms with Crippen LogP contribution in [0.3, 0.4) is 0 Å². The second-order valence-corrected chi connectivity index (χ2v) is 5.74. The number of phenolic OH excluding ortho intramolecular Hbond substituents is 1. The minimum atomic E-state index is 0.337. The van der Waals surface area contributed by atoms with Gasteiger partial charge in [0.1, 0.15) is 5.75 Å². The van der Waals surface area contributed by atoms with E-state index in [1.807, 2.05) is 12.1 Å². The highest BCUT2D eigenvalue weighted by atomic mass is 16.5. The molecule has 2 atom stereocenters. The number of hydrogen-bond donors (Lipinski definition) is 1. The summed E-state index contributed by atoms with van der Waals surface area (Å²) in [4.78, 5) is 2.42. The summed E-state index contributed by atoms with van der Waals surface area (Å²) in [6.07, 6.45) is 3.51. The molecule has 0 bridgehead atoms. The van der Waals surface area contributed by atoms with Gasteiger partial charge in [0, 0.05) is 19.2 Å². The van der Waals surface area contributed by atoms with Crippen molar-refractivity contribution in [1.29, 1.82) is 0 Å². The van der Waals surface area contributed by atoms with Crippen LogP contribution in [0, 0.1) is 5.92 Å². The van der Waals surface area contributed by atoms with Crippen LogP contribution in [0.2, 0.25) is 0 Å². The molecule has 1 aliphatic rings. The fourth-order valence-electron chi connectivity index (χ4n) is 2.67. The van der Waals surface area contributed by atoms with Gasteiger partial charge in [0.15, 0.2) is 0 Å². The lowest BCUT2D eigenvalue weighted by molar-refractivity contribution is 0.0373. The number of hydrogen-bond acceptors (Lipinski definition) is 3. The van der Waals surface area contributed by atoms with Crippen LogP contribution in [0.1, 0.15) is 25.3 Å². The van der Waals surface area contributed by atoms with Crippen molar-refractivity contribution in [3.05, 3.63) is 29.8 Å². The first kappa shape index (κ1) is 14.4. The van der Waals surface area contributed by atoms with Gasteiger partial charge in [-0.05, 0) is 56.8 Å². The average molecular weight is 263 g/mol. The predicted molar refractivity (Wildman–Crippen MR) is 77.4 cm³/mol. The summed E-state index contributed by atoms with van der Waals surface area (Å²) >= 11 is 0. The molecule has 1 N–H and O–H groups in total. The molecule has 1 saturated heterocycles. The lowest BCUT2D eigenvalue weighted by Crippen LogP contribution is -2.37. The lowest BCUT2D eigenvalue weighted by atomic mass is 10.00. The van der Waals surface area contributed by atoms with Crippen molar-refractivity contribution in [3.8, 4) is 5.75 Å². The Kier molecular flexibility index (Phi) is 5.23. The van der Waals surface area contributed by atoms with Crippen LogP contribution in [0.4, 0.5) is 0 Å². The SMILES string of the molecule is CC(Cc1ccc(O)cc1)N(C)CC1CCCOC1. The summed E-state index contributed by atoms with van der Waals surface area (Å²) in [7, 11) is 2.19. The number of aromatic hydroxyl groups is 1. The maximum atomic E-state index is 9.29. The van der Waals surface area contributed by atoms with E-state index in [1.165, 1.54) is 18.4 Å². The van der Waals surface area contributed by atoms with Crippen LogP contribution in [0.15, 0.2) is 24.3 Å². The van der Waals surface area contributed by atoms with E-state index in [-0.39, 0.29) is 0 Å². The lowest BCUT2D eigenvalue weighted by Gasteiger charge is -2.31. The van der Waals surface area contributed by atoms with E-state index in [2.05, 4.69) is 18.9 Å². The molecule has 3 nitrogen and oxygen atoms in total. The van der Waals surface area contributed by atoms with Crippen LogP contribution in [0.5, 0.6) is 5.75 Å². The fraction of sp³-hybridized carbons (Fsp3) is 0.625. The Hall–Kier alpha value is -1.06. The van der Waals surface area contributed by atoms with E-state index in [0.717, 1.165) is 26.2 Å². The van der Waals surface area contributed by atoms with E-state index < -0.39 is 0 Å². The summed E-state index contributed by atoms with van der Waals surface area (Å²) in [6.45, 7) is 5.22. The van der Waals surface area contributed by atoms with Gasteiger partial charge in [-0.2, -0.15) is 0 Å². The molecular weight excluding hydrogens is 238 g/mol. The minimum Gasteiger partial charge on any atom is -0.508 e. The Labute approximate surface area is 116 Å². The van der Waals surface area contributed by atoms with Crippen LogP contribution in [0.25, 0.3) is 0 Å². The summed E-state index contributed by atoms with van der Waals surface area (Å²) in [5, 5.41) is 9.29. The van der Waals surface area contributed by atoms with Crippen molar-refractivity contribution in [3.63, 3.8) is 0 Å². The molecule has 1 aromatic rings. The highest BCUT2D eigenvalue weighted by Gasteiger charge is 2.18. The first-order valence-corrected chi connectivity index (χ1v) is 7.21. The van der Waals surface area contributed by atoms with Crippen molar-refractivity contribution in [2.24, 2.45) is 5.92 Å². The topological polar surface area (TPSA) is 32.7 Å². The highest BCUT2D eigenvalue weighted by molar-refractivity contribution is 5.26. The maximum Gasteiger partial charge on any atom is 0.115 e. The van der Waals surface area contributed by atoms with Gasteiger partial charge in [0.2, 0.25) is 0 Å². The Morgan fingerprint density at radius 1 is 1.37 bits per heavy atom. The van der Waals surface area contributed by atoms with Gasteiger partial charge in [0.05, 0.1) is 6.61 Å². The molecule has 2 rings (SSSR count). The standard InChI is InChI=1S/C16H25NO2/c1-13(10-14-5-7-16(18)8-6-14)17(2)11-15-4-3-9-19-12-15/h5-8,13,15,18H,3-4,9-12H2,1-2H3. The van der Waals surface area contributed by atoms with Gasteiger partial charge < -0.3 is 14.7 Å². The number of likely N-dealkylation sites (N-methyl/N-ethyl adjacent to an activating group) is 1. The zero-order chi connectivity index (χ0) is 13.7. The highest BCUT2D eigenvalue weighted by Crippen LogP contribution is 2.17. The molecule has 106 valence electrons. The summed E-state index contributed by atoms with van der Waals surface area (Å²) < 4.78 is 5.54. The summed E-state index contributed by atoms with van der Waals surface area (Å²) in [5.41, 5.74) is 1.28. The number of benzene rings is 1. The first-order valence-electron chi connectivity index (χ1n) is 7.21. The molecule has 0 spiro atoms. The van der Waals surface area contributed by atoms with Gasteiger partial charge in [-0.3, -0.25) is 0 Å². The fourth-order valence-corrected chi connectivity index (χ4v) is 2.67. The van der Waals surface area contributed by atoms with Crippen molar-refractivity contribution in [1.82, 2.24) is 4.90 Å². The second-order valence-electron chi connectivity index (χ2n) is 5.74. The van der Waals surface area contributed by atoms with E-state index >= 15 is 0 Å².